The summed E-state index contributed by atoms with van der Waals surface area (Å²) < 4.78 is 0. The van der Waals surface area contributed by atoms with E-state index >= 15 is 0 Å². The fourth-order valence-corrected chi connectivity index (χ4v) is 2.51. The molecule has 1 rings (SSSR count). The van der Waals surface area contributed by atoms with Crippen LogP contribution in [0.25, 0.3) is 0 Å². The topological polar surface area (TPSA) is 26.0 Å². The second-order valence-electron chi connectivity index (χ2n) is 6.31. The van der Waals surface area contributed by atoms with Crippen LogP contribution in [0.2, 0.25) is 0 Å². The summed E-state index contributed by atoms with van der Waals surface area (Å²) in [6.07, 6.45) is 18.4. The molecule has 0 fully saturated rings. The lowest BCUT2D eigenvalue weighted by molar-refractivity contribution is 0.575. The molecule has 1 nitrogen and oxygen atoms in total. The molecule has 0 saturated heterocycles. The third kappa shape index (κ3) is 5.73. The van der Waals surface area contributed by atoms with Crippen LogP contribution < -0.4 is 5.73 Å². The van der Waals surface area contributed by atoms with E-state index in [4.69, 9.17) is 5.73 Å². The molecule has 2 N–H and O–H groups in total. The Hall–Kier alpha value is -1.60. The van der Waals surface area contributed by atoms with Crippen molar-refractivity contribution in [3.05, 3.63) is 70.9 Å². The van der Waals surface area contributed by atoms with Crippen molar-refractivity contribution in [1.82, 2.24) is 0 Å². The number of hydrogen-bond donors (Lipinski definition) is 1. The van der Waals surface area contributed by atoms with Crippen LogP contribution in [0.3, 0.4) is 0 Å². The Morgan fingerprint density at radius 1 is 1.24 bits per heavy atom. The molecule has 0 atom stereocenters. The van der Waals surface area contributed by atoms with Crippen LogP contribution >= 0.6 is 0 Å². The molecule has 0 unspecified atom stereocenters. The van der Waals surface area contributed by atoms with E-state index in [0.717, 1.165) is 6.42 Å². The normalized spacial score (nSPS) is 20.1. The van der Waals surface area contributed by atoms with E-state index in [-0.39, 0.29) is 5.41 Å². The Bertz CT molecular complexity index is 534. The average molecular weight is 283 g/mol. The lowest BCUT2D eigenvalue weighted by Gasteiger charge is -2.28. The number of rotatable bonds is 5. The molecule has 0 aromatic carbocycles. The van der Waals surface area contributed by atoms with Gasteiger partial charge in [0, 0.05) is 12.0 Å². The van der Waals surface area contributed by atoms with Crippen molar-refractivity contribution in [2.75, 3.05) is 6.54 Å². The van der Waals surface area contributed by atoms with Gasteiger partial charge in [0.1, 0.15) is 0 Å². The van der Waals surface area contributed by atoms with Gasteiger partial charge in [0.2, 0.25) is 0 Å². The Kier molecular flexibility index (Phi) is 6.64. The van der Waals surface area contributed by atoms with E-state index in [9.17, 15) is 0 Å². The summed E-state index contributed by atoms with van der Waals surface area (Å²) in [5.74, 6) is 0. The molecule has 1 aliphatic carbocycles. The molecular weight excluding hydrogens is 254 g/mol. The van der Waals surface area contributed by atoms with Crippen molar-refractivity contribution in [2.24, 2.45) is 11.1 Å². The fraction of sp³-hybridized carbons (Fsp3) is 0.400. The molecule has 0 bridgehead atoms. The van der Waals surface area contributed by atoms with Gasteiger partial charge in [0.15, 0.2) is 0 Å². The summed E-state index contributed by atoms with van der Waals surface area (Å²) in [5.41, 5.74) is 11.0. The van der Waals surface area contributed by atoms with Crippen LogP contribution in [0.5, 0.6) is 0 Å². The SMILES string of the molecule is CC1=C(/C=C/C(C)=C/C=C/C(C)=C\CN)C(C)(C)C=CC1. The van der Waals surface area contributed by atoms with E-state index in [0.29, 0.717) is 6.54 Å². The average Bonchev–Trinajstić information content (AvgIpc) is 2.37. The van der Waals surface area contributed by atoms with Crippen molar-refractivity contribution >= 4 is 0 Å². The molecule has 0 aromatic rings. The second-order valence-corrected chi connectivity index (χ2v) is 6.31. The zero-order valence-electron chi connectivity index (χ0n) is 14.1. The summed E-state index contributed by atoms with van der Waals surface area (Å²) in [4.78, 5) is 0. The smallest absolute Gasteiger partial charge is 0.0112 e. The van der Waals surface area contributed by atoms with Gasteiger partial charge in [-0.2, -0.15) is 0 Å². The first-order chi connectivity index (χ1) is 9.86. The largest absolute Gasteiger partial charge is 0.327 e. The minimum Gasteiger partial charge on any atom is -0.327 e. The monoisotopic (exact) mass is 283 g/mol. The summed E-state index contributed by atoms with van der Waals surface area (Å²) in [7, 11) is 0. The minimum atomic E-state index is 0.134. The van der Waals surface area contributed by atoms with Gasteiger partial charge in [-0.05, 0) is 32.8 Å². The lowest BCUT2D eigenvalue weighted by atomic mass is 9.77. The number of hydrogen-bond acceptors (Lipinski definition) is 1. The molecule has 0 spiro atoms. The first kappa shape index (κ1) is 17.5. The van der Waals surface area contributed by atoms with Crippen LogP contribution in [-0.2, 0) is 0 Å². The van der Waals surface area contributed by atoms with Gasteiger partial charge in [-0.15, -0.1) is 0 Å². The molecule has 1 aliphatic rings. The van der Waals surface area contributed by atoms with Crippen LogP contribution in [0.1, 0.15) is 41.0 Å². The second kappa shape index (κ2) is 7.99. The van der Waals surface area contributed by atoms with E-state index in [1.165, 1.54) is 22.3 Å². The van der Waals surface area contributed by atoms with E-state index in [1.54, 1.807) is 0 Å². The third-order valence-electron chi connectivity index (χ3n) is 3.78. The molecule has 0 aromatic heterocycles. The molecule has 0 saturated carbocycles. The van der Waals surface area contributed by atoms with Gasteiger partial charge >= 0.3 is 0 Å². The Morgan fingerprint density at radius 3 is 2.57 bits per heavy atom. The standard InChI is InChI=1S/C20H29N/c1-16(8-6-9-17(2)13-15-21)11-12-19-18(3)10-7-14-20(19,4)5/h6-9,11-14H,10,15,21H2,1-5H3/b9-6+,12-11+,16-8+,17-13-. The predicted molar refractivity (Wildman–Crippen MR) is 95.1 cm³/mol. The summed E-state index contributed by atoms with van der Waals surface area (Å²) in [6.45, 7) is 11.6. The molecule has 1 heteroatoms. The fourth-order valence-electron chi connectivity index (χ4n) is 2.51. The zero-order chi connectivity index (χ0) is 15.9. The Labute approximate surface area is 130 Å². The van der Waals surface area contributed by atoms with E-state index < -0.39 is 0 Å². The van der Waals surface area contributed by atoms with E-state index in [1.807, 2.05) is 6.08 Å². The van der Waals surface area contributed by atoms with Gasteiger partial charge < -0.3 is 5.73 Å². The van der Waals surface area contributed by atoms with Gasteiger partial charge in [-0.1, -0.05) is 79.2 Å². The molecule has 114 valence electrons. The molecule has 21 heavy (non-hydrogen) atoms. The maximum Gasteiger partial charge on any atom is 0.0112 e. The summed E-state index contributed by atoms with van der Waals surface area (Å²) in [6, 6.07) is 0. The highest BCUT2D eigenvalue weighted by atomic mass is 14.5. The summed E-state index contributed by atoms with van der Waals surface area (Å²) >= 11 is 0. The predicted octanol–water partition coefficient (Wildman–Crippen LogP) is 5.25. The third-order valence-corrected chi connectivity index (χ3v) is 3.78. The van der Waals surface area contributed by atoms with Crippen molar-refractivity contribution in [3.63, 3.8) is 0 Å². The van der Waals surface area contributed by atoms with Gasteiger partial charge in [0.05, 0.1) is 0 Å². The molecule has 0 radical (unpaired) electrons. The van der Waals surface area contributed by atoms with Crippen molar-refractivity contribution in [2.45, 2.75) is 41.0 Å². The van der Waals surface area contributed by atoms with Crippen molar-refractivity contribution in [3.8, 4) is 0 Å². The zero-order valence-corrected chi connectivity index (χ0v) is 14.1. The van der Waals surface area contributed by atoms with Crippen LogP contribution in [0.15, 0.2) is 70.9 Å². The first-order valence-corrected chi connectivity index (χ1v) is 7.64. The van der Waals surface area contributed by atoms with Gasteiger partial charge in [-0.3, -0.25) is 0 Å². The maximum absolute atomic E-state index is 5.48. The molecule has 0 amide bonds. The quantitative estimate of drug-likeness (QED) is 0.541. The maximum atomic E-state index is 5.48. The lowest BCUT2D eigenvalue weighted by Crippen LogP contribution is -2.14. The van der Waals surface area contributed by atoms with Crippen molar-refractivity contribution in [1.29, 1.82) is 0 Å². The van der Waals surface area contributed by atoms with Gasteiger partial charge in [-0.25, -0.2) is 0 Å². The number of nitrogens with two attached hydrogens (primary N) is 1. The minimum absolute atomic E-state index is 0.134. The van der Waals surface area contributed by atoms with Crippen LogP contribution in [0, 0.1) is 5.41 Å². The first-order valence-electron chi connectivity index (χ1n) is 7.64. The van der Waals surface area contributed by atoms with Crippen LogP contribution in [0.4, 0.5) is 0 Å². The van der Waals surface area contributed by atoms with Crippen molar-refractivity contribution < 1.29 is 0 Å². The summed E-state index contributed by atoms with van der Waals surface area (Å²) in [5, 5.41) is 0. The highest BCUT2D eigenvalue weighted by Gasteiger charge is 2.22. The Morgan fingerprint density at radius 2 is 1.95 bits per heavy atom. The van der Waals surface area contributed by atoms with E-state index in [2.05, 4.69) is 77.2 Å². The molecule has 0 aliphatic heterocycles. The Balaban J connectivity index is 2.78. The molecule has 0 heterocycles. The number of allylic oxidation sites excluding steroid dienone is 11. The van der Waals surface area contributed by atoms with Crippen LogP contribution in [-0.4, -0.2) is 6.54 Å². The molecular formula is C20H29N. The highest BCUT2D eigenvalue weighted by Crippen LogP contribution is 2.36. The highest BCUT2D eigenvalue weighted by molar-refractivity contribution is 5.41. The van der Waals surface area contributed by atoms with Gasteiger partial charge in [0.25, 0.3) is 0 Å².